The Morgan fingerprint density at radius 3 is 2.52 bits per heavy atom. The molecule has 0 aliphatic carbocycles. The van der Waals surface area contributed by atoms with Crippen LogP contribution in [-0.2, 0) is 14.3 Å². The first-order valence-corrected chi connectivity index (χ1v) is 8.69. The minimum absolute atomic E-state index is 0.301. The van der Waals surface area contributed by atoms with Gasteiger partial charge in [0.05, 0.1) is 0 Å². The highest BCUT2D eigenvalue weighted by Crippen LogP contribution is 2.24. The van der Waals surface area contributed by atoms with Crippen LogP contribution in [0.4, 0.5) is 11.4 Å². The third-order valence-corrected chi connectivity index (χ3v) is 4.18. The Kier molecular flexibility index (Phi) is 7.26. The number of ether oxygens (including phenoxy) is 1. The van der Waals surface area contributed by atoms with Crippen LogP contribution in [0, 0.1) is 5.92 Å². The normalized spacial score (nSPS) is 15.7. The first-order chi connectivity index (χ1) is 12.1. The molecule has 2 rings (SSSR count). The molecule has 1 N–H and O–H groups in total. The molecule has 0 aromatic heterocycles. The Bertz CT molecular complexity index is 627. The lowest BCUT2D eigenvalue weighted by Gasteiger charge is -2.32. The summed E-state index contributed by atoms with van der Waals surface area (Å²) in [4.78, 5) is 25.6. The van der Waals surface area contributed by atoms with Gasteiger partial charge in [0.15, 0.2) is 6.61 Å². The van der Waals surface area contributed by atoms with Gasteiger partial charge in [0.25, 0.3) is 5.91 Å². The van der Waals surface area contributed by atoms with Crippen molar-refractivity contribution in [1.29, 1.82) is 0 Å². The van der Waals surface area contributed by atoms with Crippen molar-refractivity contribution >= 4 is 23.3 Å². The Balaban J connectivity index is 1.78. The average Bonchev–Trinajstić information content (AvgIpc) is 2.62. The zero-order valence-corrected chi connectivity index (χ0v) is 14.9. The fourth-order valence-electron chi connectivity index (χ4n) is 2.65. The van der Waals surface area contributed by atoms with E-state index in [2.05, 4.69) is 17.1 Å². The molecule has 0 saturated carbocycles. The molecular weight excluding hydrogens is 316 g/mol. The van der Waals surface area contributed by atoms with Gasteiger partial charge in [-0.2, -0.15) is 0 Å². The first-order valence-electron chi connectivity index (χ1n) is 8.69. The van der Waals surface area contributed by atoms with Crippen LogP contribution in [0.15, 0.2) is 48.6 Å². The summed E-state index contributed by atoms with van der Waals surface area (Å²) in [6, 6.07) is 7.77. The molecule has 1 aromatic rings. The van der Waals surface area contributed by atoms with Crippen molar-refractivity contribution in [3.8, 4) is 0 Å². The molecule has 1 saturated heterocycles. The molecule has 1 aliphatic heterocycles. The van der Waals surface area contributed by atoms with Crippen molar-refractivity contribution < 1.29 is 14.3 Å². The summed E-state index contributed by atoms with van der Waals surface area (Å²) in [5.41, 5.74) is 1.87. The highest BCUT2D eigenvalue weighted by molar-refractivity contribution is 5.93. The molecule has 0 unspecified atom stereocenters. The van der Waals surface area contributed by atoms with E-state index in [1.807, 2.05) is 31.2 Å². The Labute approximate surface area is 149 Å². The summed E-state index contributed by atoms with van der Waals surface area (Å²) in [7, 11) is 0. The van der Waals surface area contributed by atoms with Crippen molar-refractivity contribution in [3.63, 3.8) is 0 Å². The third-order valence-electron chi connectivity index (χ3n) is 4.18. The van der Waals surface area contributed by atoms with Crippen LogP contribution in [0.5, 0.6) is 0 Å². The number of nitrogens with one attached hydrogen (secondary N) is 1. The standard InChI is InChI=1S/C20H26N2O3/c1-3-4-5-6-20(24)25-15-19(23)21-17-7-9-18(10-8-17)22-13-11-16(2)12-14-22/h3-10,16H,11-15H2,1-2H3,(H,21,23)/b4-3+,6-5+. The lowest BCUT2D eigenvalue weighted by molar-refractivity contribution is -0.142. The fraction of sp³-hybridized carbons (Fsp3) is 0.400. The molecule has 1 fully saturated rings. The van der Waals surface area contributed by atoms with Gasteiger partial charge >= 0.3 is 5.97 Å². The second kappa shape index (κ2) is 9.67. The number of rotatable bonds is 6. The predicted octanol–water partition coefficient (Wildman–Crippen LogP) is 3.54. The van der Waals surface area contributed by atoms with Crippen molar-refractivity contribution in [2.45, 2.75) is 26.7 Å². The van der Waals surface area contributed by atoms with Crippen LogP contribution in [0.2, 0.25) is 0 Å². The number of allylic oxidation sites excluding steroid dienone is 3. The molecule has 5 nitrogen and oxygen atoms in total. The van der Waals surface area contributed by atoms with E-state index >= 15 is 0 Å². The number of piperidine rings is 1. The van der Waals surface area contributed by atoms with Crippen LogP contribution in [0.3, 0.4) is 0 Å². The van der Waals surface area contributed by atoms with Crippen molar-refractivity contribution in [1.82, 2.24) is 0 Å². The van der Waals surface area contributed by atoms with Gasteiger partial charge in [-0.05, 0) is 49.9 Å². The number of benzene rings is 1. The van der Waals surface area contributed by atoms with E-state index < -0.39 is 5.97 Å². The molecule has 0 radical (unpaired) electrons. The van der Waals surface area contributed by atoms with E-state index in [-0.39, 0.29) is 12.5 Å². The number of hydrogen-bond acceptors (Lipinski definition) is 4. The minimum atomic E-state index is -0.539. The summed E-state index contributed by atoms with van der Waals surface area (Å²) in [6.45, 7) is 5.98. The van der Waals surface area contributed by atoms with E-state index in [0.29, 0.717) is 5.69 Å². The number of anilines is 2. The lowest BCUT2D eigenvalue weighted by atomic mass is 9.99. The molecule has 1 aliphatic rings. The fourth-order valence-corrected chi connectivity index (χ4v) is 2.65. The summed E-state index contributed by atoms with van der Waals surface area (Å²) in [6.07, 6.45) is 8.79. The summed E-state index contributed by atoms with van der Waals surface area (Å²) >= 11 is 0. The largest absolute Gasteiger partial charge is 0.452 e. The number of nitrogens with zero attached hydrogens (tertiary/aromatic N) is 1. The average molecular weight is 342 g/mol. The van der Waals surface area contributed by atoms with Gasteiger partial charge in [0, 0.05) is 30.5 Å². The predicted molar refractivity (Wildman–Crippen MR) is 101 cm³/mol. The smallest absolute Gasteiger partial charge is 0.331 e. The summed E-state index contributed by atoms with van der Waals surface area (Å²) in [5, 5.41) is 2.73. The number of amides is 1. The molecule has 1 aromatic carbocycles. The van der Waals surface area contributed by atoms with E-state index in [1.165, 1.54) is 24.6 Å². The molecular formula is C20H26N2O3. The molecule has 0 atom stereocenters. The van der Waals surface area contributed by atoms with Crippen LogP contribution >= 0.6 is 0 Å². The van der Waals surface area contributed by atoms with Crippen molar-refractivity contribution in [2.75, 3.05) is 29.9 Å². The highest BCUT2D eigenvalue weighted by atomic mass is 16.5. The maximum absolute atomic E-state index is 11.8. The summed E-state index contributed by atoms with van der Waals surface area (Å²) in [5.74, 6) is -0.0967. The van der Waals surface area contributed by atoms with Gasteiger partial charge in [0.2, 0.25) is 0 Å². The van der Waals surface area contributed by atoms with Gasteiger partial charge in [-0.1, -0.05) is 25.2 Å². The van der Waals surface area contributed by atoms with E-state index in [4.69, 9.17) is 4.74 Å². The van der Waals surface area contributed by atoms with Crippen molar-refractivity contribution in [3.05, 3.63) is 48.6 Å². The SMILES string of the molecule is C/C=C/C=C/C(=O)OCC(=O)Nc1ccc(N2CCC(C)CC2)cc1. The van der Waals surface area contributed by atoms with Gasteiger partial charge in [-0.15, -0.1) is 0 Å². The van der Waals surface area contributed by atoms with E-state index in [0.717, 1.165) is 19.0 Å². The van der Waals surface area contributed by atoms with Gasteiger partial charge in [0.1, 0.15) is 0 Å². The molecule has 0 bridgehead atoms. The topological polar surface area (TPSA) is 58.6 Å². The maximum Gasteiger partial charge on any atom is 0.331 e. The number of hydrogen-bond donors (Lipinski definition) is 1. The number of carbonyl (C=O) groups excluding carboxylic acids is 2. The maximum atomic E-state index is 11.8. The van der Waals surface area contributed by atoms with Gasteiger partial charge in [-0.25, -0.2) is 4.79 Å². The Morgan fingerprint density at radius 2 is 1.88 bits per heavy atom. The second-order valence-electron chi connectivity index (χ2n) is 6.26. The second-order valence-corrected chi connectivity index (χ2v) is 6.26. The van der Waals surface area contributed by atoms with Gasteiger partial charge in [-0.3, -0.25) is 4.79 Å². The molecule has 1 heterocycles. The van der Waals surface area contributed by atoms with Crippen LogP contribution in [-0.4, -0.2) is 31.6 Å². The number of esters is 1. The molecule has 1 amide bonds. The quantitative estimate of drug-likeness (QED) is 0.488. The zero-order valence-electron chi connectivity index (χ0n) is 14.9. The summed E-state index contributed by atoms with van der Waals surface area (Å²) < 4.78 is 4.87. The van der Waals surface area contributed by atoms with Crippen LogP contribution in [0.1, 0.15) is 26.7 Å². The van der Waals surface area contributed by atoms with E-state index in [1.54, 1.807) is 18.2 Å². The lowest BCUT2D eigenvalue weighted by Crippen LogP contribution is -2.32. The van der Waals surface area contributed by atoms with Gasteiger partial charge < -0.3 is 15.0 Å². The minimum Gasteiger partial charge on any atom is -0.452 e. The number of carbonyl (C=O) groups is 2. The molecule has 25 heavy (non-hydrogen) atoms. The van der Waals surface area contributed by atoms with Crippen LogP contribution in [0.25, 0.3) is 0 Å². The Morgan fingerprint density at radius 1 is 1.20 bits per heavy atom. The highest BCUT2D eigenvalue weighted by Gasteiger charge is 2.16. The Hall–Kier alpha value is -2.56. The zero-order chi connectivity index (χ0) is 18.1. The molecule has 5 heteroatoms. The molecule has 134 valence electrons. The van der Waals surface area contributed by atoms with Crippen molar-refractivity contribution in [2.24, 2.45) is 5.92 Å². The van der Waals surface area contributed by atoms with Crippen LogP contribution < -0.4 is 10.2 Å². The third kappa shape index (κ3) is 6.45. The molecule has 0 spiro atoms. The monoisotopic (exact) mass is 342 g/mol. The van der Waals surface area contributed by atoms with E-state index in [9.17, 15) is 9.59 Å². The first kappa shape index (κ1) is 18.8.